The van der Waals surface area contributed by atoms with E-state index in [2.05, 4.69) is 11.4 Å². The molecule has 98 valence electrons. The fourth-order valence-electron chi connectivity index (χ4n) is 3.07. The van der Waals surface area contributed by atoms with Crippen LogP contribution in [0.2, 0.25) is 0 Å². The Morgan fingerprint density at radius 2 is 2.11 bits per heavy atom. The van der Waals surface area contributed by atoms with Crippen LogP contribution in [-0.4, -0.2) is 33.9 Å². The minimum atomic E-state index is 0.511. The molecular formula is C14H19NO3. The molecule has 1 N–H and O–H groups in total. The molecule has 2 unspecified atom stereocenters. The molecule has 0 aliphatic carbocycles. The molecule has 4 nitrogen and oxygen atoms in total. The topological polar surface area (TPSA) is 39.7 Å². The first-order chi connectivity index (χ1) is 8.76. The summed E-state index contributed by atoms with van der Waals surface area (Å²) in [6, 6.07) is 2.11. The number of benzene rings is 1. The highest BCUT2D eigenvalue weighted by Gasteiger charge is 2.37. The second-order valence-electron chi connectivity index (χ2n) is 4.99. The first-order valence-electron chi connectivity index (χ1n) is 6.35. The molecule has 4 heteroatoms. The van der Waals surface area contributed by atoms with E-state index in [9.17, 15) is 0 Å². The van der Waals surface area contributed by atoms with E-state index in [1.165, 1.54) is 5.56 Å². The summed E-state index contributed by atoms with van der Waals surface area (Å²) >= 11 is 0. The second kappa shape index (κ2) is 4.35. The Labute approximate surface area is 107 Å². The van der Waals surface area contributed by atoms with Gasteiger partial charge in [0.25, 0.3) is 0 Å². The lowest BCUT2D eigenvalue weighted by Crippen LogP contribution is -2.25. The van der Waals surface area contributed by atoms with Crippen molar-refractivity contribution in [1.82, 2.24) is 5.32 Å². The van der Waals surface area contributed by atoms with Gasteiger partial charge in [-0.05, 0) is 13.0 Å². The first kappa shape index (κ1) is 11.7. The van der Waals surface area contributed by atoms with Gasteiger partial charge >= 0.3 is 0 Å². The number of methoxy groups -OCH3 is 2. The van der Waals surface area contributed by atoms with Crippen molar-refractivity contribution in [3.8, 4) is 17.2 Å². The molecular weight excluding hydrogens is 230 g/mol. The van der Waals surface area contributed by atoms with E-state index in [-0.39, 0.29) is 0 Å². The molecule has 0 radical (unpaired) electrons. The molecule has 1 saturated heterocycles. The molecule has 1 aromatic carbocycles. The molecule has 2 atom stereocenters. The lowest BCUT2D eigenvalue weighted by Gasteiger charge is -2.30. The number of fused-ring (bicyclic) bond motifs is 3. The van der Waals surface area contributed by atoms with E-state index in [1.807, 2.05) is 6.92 Å². The standard InChI is InChI=1S/C14H19NO3/c1-8-12(16-2)4-10-11-6-15-5-9(11)7-18-14(10)13(8)17-3/h4,9,11,15H,5-7H2,1-3H3. The largest absolute Gasteiger partial charge is 0.496 e. The van der Waals surface area contributed by atoms with E-state index in [1.54, 1.807) is 14.2 Å². The Kier molecular flexibility index (Phi) is 2.82. The highest BCUT2D eigenvalue weighted by atomic mass is 16.5. The molecule has 18 heavy (non-hydrogen) atoms. The van der Waals surface area contributed by atoms with Crippen molar-refractivity contribution >= 4 is 0 Å². The van der Waals surface area contributed by atoms with Crippen molar-refractivity contribution in [2.24, 2.45) is 5.92 Å². The van der Waals surface area contributed by atoms with Crippen molar-refractivity contribution in [3.63, 3.8) is 0 Å². The maximum Gasteiger partial charge on any atom is 0.167 e. The van der Waals surface area contributed by atoms with Gasteiger partial charge in [-0.3, -0.25) is 0 Å². The molecule has 3 rings (SSSR count). The highest BCUT2D eigenvalue weighted by molar-refractivity contribution is 5.60. The van der Waals surface area contributed by atoms with Crippen LogP contribution in [-0.2, 0) is 0 Å². The molecule has 0 saturated carbocycles. The summed E-state index contributed by atoms with van der Waals surface area (Å²) in [5.74, 6) is 3.67. The van der Waals surface area contributed by atoms with Crippen LogP contribution in [0.1, 0.15) is 17.0 Å². The zero-order valence-electron chi connectivity index (χ0n) is 11.1. The van der Waals surface area contributed by atoms with Crippen LogP contribution in [0.25, 0.3) is 0 Å². The predicted molar refractivity (Wildman–Crippen MR) is 68.9 cm³/mol. The van der Waals surface area contributed by atoms with Gasteiger partial charge in [0.05, 0.1) is 20.8 Å². The maximum absolute atomic E-state index is 5.92. The number of hydrogen-bond donors (Lipinski definition) is 1. The first-order valence-corrected chi connectivity index (χ1v) is 6.35. The SMILES string of the molecule is COc1cc2c(c(OC)c1C)OCC1CNCC21. The second-order valence-corrected chi connectivity index (χ2v) is 4.99. The Bertz CT molecular complexity index is 473. The number of ether oxygens (including phenoxy) is 3. The van der Waals surface area contributed by atoms with Gasteiger partial charge in [0.2, 0.25) is 0 Å². The summed E-state index contributed by atoms with van der Waals surface area (Å²) in [6.45, 7) is 4.81. The van der Waals surface area contributed by atoms with Gasteiger partial charge in [0.1, 0.15) is 5.75 Å². The van der Waals surface area contributed by atoms with Gasteiger partial charge in [-0.15, -0.1) is 0 Å². The Morgan fingerprint density at radius 3 is 2.83 bits per heavy atom. The van der Waals surface area contributed by atoms with Crippen molar-refractivity contribution in [1.29, 1.82) is 0 Å². The molecule has 1 fully saturated rings. The minimum absolute atomic E-state index is 0.511. The monoisotopic (exact) mass is 249 g/mol. The number of rotatable bonds is 2. The lowest BCUT2D eigenvalue weighted by molar-refractivity contribution is 0.208. The summed E-state index contributed by atoms with van der Waals surface area (Å²) in [7, 11) is 3.38. The lowest BCUT2D eigenvalue weighted by atomic mass is 9.86. The van der Waals surface area contributed by atoms with Gasteiger partial charge < -0.3 is 19.5 Å². The van der Waals surface area contributed by atoms with E-state index in [0.29, 0.717) is 11.8 Å². The van der Waals surface area contributed by atoms with E-state index in [4.69, 9.17) is 14.2 Å². The average Bonchev–Trinajstić information content (AvgIpc) is 2.86. The van der Waals surface area contributed by atoms with Crippen LogP contribution in [0, 0.1) is 12.8 Å². The Morgan fingerprint density at radius 1 is 1.28 bits per heavy atom. The van der Waals surface area contributed by atoms with Crippen LogP contribution >= 0.6 is 0 Å². The third-order valence-electron chi connectivity index (χ3n) is 4.07. The van der Waals surface area contributed by atoms with E-state index >= 15 is 0 Å². The Balaban J connectivity index is 2.15. The summed E-state index contributed by atoms with van der Waals surface area (Å²) in [5, 5.41) is 3.43. The molecule has 2 aliphatic rings. The smallest absolute Gasteiger partial charge is 0.167 e. The van der Waals surface area contributed by atoms with Crippen LogP contribution in [0.15, 0.2) is 6.07 Å². The summed E-state index contributed by atoms with van der Waals surface area (Å²) in [6.07, 6.45) is 0. The quantitative estimate of drug-likeness (QED) is 0.866. The normalized spacial score (nSPS) is 25.1. The fraction of sp³-hybridized carbons (Fsp3) is 0.571. The van der Waals surface area contributed by atoms with E-state index in [0.717, 1.165) is 42.5 Å². The van der Waals surface area contributed by atoms with Crippen LogP contribution < -0.4 is 19.5 Å². The van der Waals surface area contributed by atoms with Crippen molar-refractivity contribution in [3.05, 3.63) is 17.2 Å². The van der Waals surface area contributed by atoms with Crippen LogP contribution in [0.3, 0.4) is 0 Å². The van der Waals surface area contributed by atoms with Crippen LogP contribution in [0.4, 0.5) is 0 Å². The van der Waals surface area contributed by atoms with E-state index < -0.39 is 0 Å². The third kappa shape index (κ3) is 1.56. The van der Waals surface area contributed by atoms with Gasteiger partial charge in [-0.25, -0.2) is 0 Å². The molecule has 0 amide bonds. The average molecular weight is 249 g/mol. The minimum Gasteiger partial charge on any atom is -0.496 e. The fourth-order valence-corrected chi connectivity index (χ4v) is 3.07. The molecule has 2 aliphatic heterocycles. The summed E-state index contributed by atoms with van der Waals surface area (Å²) < 4.78 is 16.9. The molecule has 1 aromatic rings. The van der Waals surface area contributed by atoms with Crippen molar-refractivity contribution < 1.29 is 14.2 Å². The molecule has 2 heterocycles. The van der Waals surface area contributed by atoms with Gasteiger partial charge in [0, 0.05) is 36.1 Å². The van der Waals surface area contributed by atoms with Gasteiger partial charge in [-0.1, -0.05) is 0 Å². The number of nitrogens with one attached hydrogen (secondary N) is 1. The molecule has 0 aromatic heterocycles. The van der Waals surface area contributed by atoms with Gasteiger partial charge in [0.15, 0.2) is 11.5 Å². The summed E-state index contributed by atoms with van der Waals surface area (Å²) in [4.78, 5) is 0. The van der Waals surface area contributed by atoms with Gasteiger partial charge in [-0.2, -0.15) is 0 Å². The molecule has 0 spiro atoms. The Hall–Kier alpha value is -1.42. The third-order valence-corrected chi connectivity index (χ3v) is 4.07. The van der Waals surface area contributed by atoms with Crippen molar-refractivity contribution in [2.75, 3.05) is 33.9 Å². The summed E-state index contributed by atoms with van der Waals surface area (Å²) in [5.41, 5.74) is 2.22. The predicted octanol–water partition coefficient (Wildman–Crippen LogP) is 1.71. The zero-order chi connectivity index (χ0) is 12.7. The molecule has 0 bridgehead atoms. The zero-order valence-corrected chi connectivity index (χ0v) is 11.1. The number of hydrogen-bond acceptors (Lipinski definition) is 4. The van der Waals surface area contributed by atoms with Crippen LogP contribution in [0.5, 0.6) is 17.2 Å². The maximum atomic E-state index is 5.92. The highest BCUT2D eigenvalue weighted by Crippen LogP contribution is 2.48. The van der Waals surface area contributed by atoms with Crippen molar-refractivity contribution in [2.45, 2.75) is 12.8 Å².